The second-order valence-electron chi connectivity index (χ2n) is 29.2. The van der Waals surface area contributed by atoms with E-state index >= 15 is 8.78 Å². The number of anilines is 9. The summed E-state index contributed by atoms with van der Waals surface area (Å²) in [6.45, 7) is 17.3. The van der Waals surface area contributed by atoms with Crippen molar-refractivity contribution in [1.82, 2.24) is 0 Å². The minimum absolute atomic E-state index is 0.128. The van der Waals surface area contributed by atoms with Crippen LogP contribution in [0.15, 0.2) is 282 Å². The predicted molar refractivity (Wildman–Crippen MR) is 445 cm³/mol. The van der Waals surface area contributed by atoms with Crippen molar-refractivity contribution in [3.8, 4) is 33.4 Å². The molecule has 544 valence electrons. The predicted octanol–water partition coefficient (Wildman–Crippen LogP) is 30.6. The van der Waals surface area contributed by atoms with Gasteiger partial charge >= 0.3 is 12.2 Å². The van der Waals surface area contributed by atoms with Crippen molar-refractivity contribution in [3.63, 3.8) is 0 Å². The van der Waals surface area contributed by atoms with Crippen LogP contribution in [0.5, 0.6) is 0 Å². The topological polar surface area (TPSA) is 28.2 Å². The number of alkyl halides is 6. The molecule has 0 N–H and O–H groups in total. The maximum atomic E-state index is 15.4. The van der Waals surface area contributed by atoms with Crippen LogP contribution in [-0.2, 0) is 43.7 Å². The maximum absolute atomic E-state index is 15.4. The summed E-state index contributed by atoms with van der Waals surface area (Å²) in [5.74, 6) is -2.84. The molecule has 1 aliphatic carbocycles. The third kappa shape index (κ3) is 14.5. The minimum atomic E-state index is -4.05. The molecule has 12 aromatic rings. The van der Waals surface area contributed by atoms with Crippen LogP contribution in [0, 0.1) is 20.8 Å². The third-order valence-electron chi connectivity index (χ3n) is 21.4. The van der Waals surface area contributed by atoms with Gasteiger partial charge in [0.15, 0.2) is 0 Å². The fourth-order valence-corrected chi connectivity index (χ4v) is 17.2. The zero-order valence-corrected chi connectivity index (χ0v) is 69.4. The van der Waals surface area contributed by atoms with E-state index in [2.05, 4.69) is 270 Å². The lowest BCUT2D eigenvalue weighted by atomic mass is 9.77. The number of hydrogen-bond donors (Lipinski definition) is 0. The Morgan fingerprint density at radius 3 is 0.832 bits per heavy atom. The molecule has 0 amide bonds. The summed E-state index contributed by atoms with van der Waals surface area (Å²) >= 11 is 21.1. The van der Waals surface area contributed by atoms with Crippen LogP contribution in [0.3, 0.4) is 0 Å². The van der Waals surface area contributed by atoms with E-state index in [0.717, 1.165) is 136 Å². The molecule has 0 aromatic heterocycles. The highest BCUT2D eigenvalue weighted by Crippen LogP contribution is 2.61. The lowest BCUT2D eigenvalue weighted by Crippen LogP contribution is -2.46. The molecule has 1 saturated heterocycles. The van der Waals surface area contributed by atoms with Crippen molar-refractivity contribution in [1.29, 1.82) is 0 Å². The Hall–Kier alpha value is -7.58. The first kappa shape index (κ1) is 76.2. The first-order valence-electron chi connectivity index (χ1n) is 34.9. The van der Waals surface area contributed by atoms with Gasteiger partial charge in [-0.05, 0) is 348 Å². The van der Waals surface area contributed by atoms with E-state index in [1.165, 1.54) is 33.9 Å². The number of rotatable bonds is 12. The molecule has 17 heteroatoms. The van der Waals surface area contributed by atoms with Gasteiger partial charge in [-0.3, -0.25) is 0 Å². The Kier molecular flexibility index (Phi) is 20.7. The van der Waals surface area contributed by atoms with Crippen molar-refractivity contribution in [2.75, 3.05) is 14.7 Å². The molecule has 2 bridgehead atoms. The van der Waals surface area contributed by atoms with E-state index < -0.39 is 40.1 Å². The number of ether oxygens (including phenoxy) is 2. The Morgan fingerprint density at radius 2 is 0.514 bits per heavy atom. The molecule has 12 aromatic carbocycles. The van der Waals surface area contributed by atoms with Gasteiger partial charge in [-0.15, -0.1) is 0 Å². The first-order chi connectivity index (χ1) is 50.6. The number of aryl methyl sites for hydroxylation is 3. The number of benzene rings is 12. The normalized spacial score (nSPS) is 18.3. The summed E-state index contributed by atoms with van der Waals surface area (Å²) in [6, 6.07) is 84.2. The molecule has 5 nitrogen and oxygen atoms in total. The van der Waals surface area contributed by atoms with E-state index in [0.29, 0.717) is 11.1 Å². The standard InChI is InChI=1S/C32H29Br2F2N.C31H27Br2NO.C27H17Br2F4NO/c1-20-18-26(37(24-11-7-22(33)8-12-24)25-13-9-23(34)10-14-25)15-16-27(20)21-6-17-28-29(19-21)31(4,5)32(35,36)30(28,2)3;1-20-18-26(34(24-9-5-22(32)6-10-24)25-11-7-23(33)8-12-25)13-14-27(20)21-4-15-28-29(19-21)31(3)17-16-30(28,2)35-31;1-16-14-22(34(20-7-3-18(28)4-8-20)21-9-5-19(29)6-10-21)11-12-23(16)17-2-13-24-25(15-17)27(32,33)35-26(24,30)31/h6-19H,1-5H3;4-15,18-19H,16-17H2,1-3H3;2-15H,1H3. The van der Waals surface area contributed by atoms with Crippen LogP contribution in [-0.4, -0.2) is 5.92 Å². The third-order valence-corrected chi connectivity index (χ3v) is 24.5. The summed E-state index contributed by atoms with van der Waals surface area (Å²) in [4.78, 5) is 6.58. The quantitative estimate of drug-likeness (QED) is 0.114. The van der Waals surface area contributed by atoms with E-state index in [1.54, 1.807) is 27.7 Å². The van der Waals surface area contributed by atoms with Gasteiger partial charge in [-0.25, -0.2) is 13.5 Å². The van der Waals surface area contributed by atoms with Crippen molar-refractivity contribution in [2.45, 2.75) is 115 Å². The average Bonchev–Trinajstić information content (AvgIpc) is 1.55. The molecule has 2 atom stereocenters. The van der Waals surface area contributed by atoms with E-state index in [9.17, 15) is 17.6 Å². The lowest BCUT2D eigenvalue weighted by Gasteiger charge is -2.35. The molecule has 3 aliphatic heterocycles. The summed E-state index contributed by atoms with van der Waals surface area (Å²) in [7, 11) is 0. The highest BCUT2D eigenvalue weighted by Gasteiger charge is 2.65. The van der Waals surface area contributed by atoms with E-state index in [-0.39, 0.29) is 11.2 Å². The lowest BCUT2D eigenvalue weighted by molar-refractivity contribution is -0.369. The molecule has 0 saturated carbocycles. The number of fused-ring (bicyclic) bond motifs is 7. The summed E-state index contributed by atoms with van der Waals surface area (Å²) in [5.41, 5.74) is 17.8. The SMILES string of the molecule is Cc1cc(N(c2ccc(Br)cc2)c2ccc(Br)cc2)ccc1-c1ccc2c(c1)C(C)(C)C(F)(F)C2(C)C.Cc1cc(N(c2ccc(Br)cc2)c2ccc(Br)cc2)ccc1-c1ccc2c(c1)C(F)(F)OC2(F)F.Cc1cc(N(c2ccc(Br)cc2)c2ccc(Br)cc2)ccc1-c1ccc2c(c1)C1(C)CCC2(C)O1. The molecule has 2 unspecified atom stereocenters. The van der Waals surface area contributed by atoms with Gasteiger partial charge in [-0.2, -0.15) is 17.6 Å². The Labute approximate surface area is 671 Å². The summed E-state index contributed by atoms with van der Waals surface area (Å²) < 4.78 is 103. The van der Waals surface area contributed by atoms with Crippen molar-refractivity contribution >= 4 is 147 Å². The Morgan fingerprint density at radius 1 is 0.262 bits per heavy atom. The fourth-order valence-electron chi connectivity index (χ4n) is 15.7. The monoisotopic (exact) mass is 1820 g/mol. The highest BCUT2D eigenvalue weighted by molar-refractivity contribution is 9.11. The highest BCUT2D eigenvalue weighted by atomic mass is 79.9. The average molecular weight is 1820 g/mol. The fraction of sp³-hybridized carbons (Fsp3) is 0.200. The molecule has 107 heavy (non-hydrogen) atoms. The van der Waals surface area contributed by atoms with E-state index in [1.807, 2.05) is 116 Å². The smallest absolute Gasteiger partial charge is 0.360 e. The van der Waals surface area contributed by atoms with Crippen LogP contribution in [0.2, 0.25) is 0 Å². The molecule has 4 aliphatic rings. The number of nitrogens with zero attached hydrogens (tertiary/aromatic N) is 3. The van der Waals surface area contributed by atoms with Gasteiger partial charge < -0.3 is 19.4 Å². The summed E-state index contributed by atoms with van der Waals surface area (Å²) in [5, 5.41) is 0. The van der Waals surface area contributed by atoms with Crippen LogP contribution >= 0.6 is 95.6 Å². The van der Waals surface area contributed by atoms with Gasteiger partial charge in [0.05, 0.1) is 33.2 Å². The molecule has 0 radical (unpaired) electrons. The molecule has 1 fully saturated rings. The first-order valence-corrected chi connectivity index (χ1v) is 39.7. The molecule has 0 spiro atoms. The van der Waals surface area contributed by atoms with Crippen LogP contribution < -0.4 is 14.7 Å². The Balaban J connectivity index is 0.000000135. The number of hydrogen-bond acceptors (Lipinski definition) is 5. The minimum Gasteiger partial charge on any atom is -0.360 e. The molecular weight excluding hydrogens is 1750 g/mol. The molecular formula is C90H73Br6F6N3O2. The van der Waals surface area contributed by atoms with Crippen molar-refractivity contribution in [3.05, 3.63) is 332 Å². The van der Waals surface area contributed by atoms with Gasteiger partial charge in [0.1, 0.15) is 0 Å². The maximum Gasteiger partial charge on any atom is 0.388 e. The van der Waals surface area contributed by atoms with Crippen LogP contribution in [0.4, 0.5) is 77.5 Å². The second kappa shape index (κ2) is 29.0. The van der Waals surface area contributed by atoms with E-state index in [4.69, 9.17) is 4.74 Å². The largest absolute Gasteiger partial charge is 0.388 e. The van der Waals surface area contributed by atoms with Gasteiger partial charge in [-0.1, -0.05) is 150 Å². The molecule has 3 heterocycles. The van der Waals surface area contributed by atoms with Gasteiger partial charge in [0.2, 0.25) is 0 Å². The summed E-state index contributed by atoms with van der Waals surface area (Å²) in [6.07, 6.45) is -5.88. The van der Waals surface area contributed by atoms with Gasteiger partial charge in [0, 0.05) is 78.0 Å². The van der Waals surface area contributed by atoms with Crippen LogP contribution in [0.25, 0.3) is 33.4 Å². The van der Waals surface area contributed by atoms with Crippen molar-refractivity contribution in [2.24, 2.45) is 0 Å². The zero-order valence-electron chi connectivity index (χ0n) is 59.9. The second-order valence-corrected chi connectivity index (χ2v) is 34.7. The zero-order chi connectivity index (χ0) is 76.1. The Bertz CT molecular complexity index is 5060. The van der Waals surface area contributed by atoms with Crippen LogP contribution in [0.1, 0.15) is 104 Å². The van der Waals surface area contributed by atoms with Crippen molar-refractivity contribution < 1.29 is 35.8 Å². The van der Waals surface area contributed by atoms with Gasteiger partial charge in [0.25, 0.3) is 5.92 Å². The number of halogens is 12. The molecule has 16 rings (SSSR count).